The first-order chi connectivity index (χ1) is 6.31. The van der Waals surface area contributed by atoms with E-state index >= 15 is 0 Å². The third-order valence-electron chi connectivity index (χ3n) is 1.42. The first kappa shape index (κ1) is 10.4. The summed E-state index contributed by atoms with van der Waals surface area (Å²) in [6, 6.07) is 2.42. The third-order valence-corrected chi connectivity index (χ3v) is 1.42. The van der Waals surface area contributed by atoms with Crippen molar-refractivity contribution in [2.24, 2.45) is 0 Å². The molecule has 78 valence electrons. The maximum Gasteiger partial charge on any atom is 0.424 e. The van der Waals surface area contributed by atoms with Crippen molar-refractivity contribution in [1.29, 1.82) is 0 Å². The fourth-order valence-electron chi connectivity index (χ4n) is 0.910. The van der Waals surface area contributed by atoms with E-state index in [-0.39, 0.29) is 11.8 Å². The molecule has 0 spiro atoms. The van der Waals surface area contributed by atoms with Gasteiger partial charge in [0.05, 0.1) is 0 Å². The van der Waals surface area contributed by atoms with Crippen molar-refractivity contribution in [3.63, 3.8) is 0 Å². The Balaban J connectivity index is 2.90. The van der Waals surface area contributed by atoms with E-state index in [1.54, 1.807) is 20.8 Å². The van der Waals surface area contributed by atoms with Crippen molar-refractivity contribution in [3.05, 3.63) is 12.1 Å². The van der Waals surface area contributed by atoms with Crippen molar-refractivity contribution >= 4 is 6.09 Å². The number of carbonyl (C=O) groups is 1. The van der Waals surface area contributed by atoms with Gasteiger partial charge in [-0.15, -0.1) is 0 Å². The Morgan fingerprint density at radius 2 is 1.71 bits per heavy atom. The SMILES string of the molecule is CC(C)(C)OC(=O)n1c(O)ccc1O. The molecule has 0 fully saturated rings. The lowest BCUT2D eigenvalue weighted by molar-refractivity contribution is 0.0513. The molecule has 1 aromatic rings. The van der Waals surface area contributed by atoms with Crippen molar-refractivity contribution in [3.8, 4) is 11.8 Å². The van der Waals surface area contributed by atoms with Gasteiger partial charge < -0.3 is 14.9 Å². The lowest BCUT2D eigenvalue weighted by Crippen LogP contribution is -2.26. The highest BCUT2D eigenvalue weighted by molar-refractivity contribution is 5.75. The molecule has 0 saturated heterocycles. The summed E-state index contributed by atoms with van der Waals surface area (Å²) in [5.74, 6) is -0.700. The molecule has 0 unspecified atom stereocenters. The quantitative estimate of drug-likeness (QED) is 0.666. The molecule has 14 heavy (non-hydrogen) atoms. The Hall–Kier alpha value is -1.65. The van der Waals surface area contributed by atoms with Gasteiger partial charge >= 0.3 is 6.09 Å². The monoisotopic (exact) mass is 199 g/mol. The van der Waals surface area contributed by atoms with Crippen LogP contribution in [0.25, 0.3) is 0 Å². The average Bonchev–Trinajstić information content (AvgIpc) is 2.27. The zero-order valence-corrected chi connectivity index (χ0v) is 8.31. The average molecular weight is 199 g/mol. The second-order valence-electron chi connectivity index (χ2n) is 3.87. The summed E-state index contributed by atoms with van der Waals surface area (Å²) in [7, 11) is 0. The van der Waals surface area contributed by atoms with Crippen LogP contribution in [0, 0.1) is 0 Å². The molecule has 0 atom stereocenters. The molecule has 1 rings (SSSR count). The minimum Gasteiger partial charge on any atom is -0.494 e. The van der Waals surface area contributed by atoms with Crippen LogP contribution >= 0.6 is 0 Å². The van der Waals surface area contributed by atoms with Crippen LogP contribution in [-0.4, -0.2) is 26.5 Å². The third kappa shape index (κ3) is 2.18. The zero-order valence-electron chi connectivity index (χ0n) is 8.31. The lowest BCUT2D eigenvalue weighted by Gasteiger charge is -2.19. The van der Waals surface area contributed by atoms with Gasteiger partial charge in [-0.2, -0.15) is 4.57 Å². The number of hydrogen-bond donors (Lipinski definition) is 2. The number of aromatic nitrogens is 1. The summed E-state index contributed by atoms with van der Waals surface area (Å²) in [5, 5.41) is 18.4. The molecule has 0 aliphatic rings. The van der Waals surface area contributed by atoms with Crippen molar-refractivity contribution < 1.29 is 19.7 Å². The highest BCUT2D eigenvalue weighted by Crippen LogP contribution is 2.22. The van der Waals surface area contributed by atoms with Gasteiger partial charge in [0.1, 0.15) is 5.60 Å². The minimum atomic E-state index is -0.808. The Morgan fingerprint density at radius 3 is 2.07 bits per heavy atom. The van der Waals surface area contributed by atoms with Crippen LogP contribution in [0.15, 0.2) is 12.1 Å². The van der Waals surface area contributed by atoms with Crippen LogP contribution in [-0.2, 0) is 4.74 Å². The normalized spacial score (nSPS) is 11.4. The van der Waals surface area contributed by atoms with Gasteiger partial charge in [0.15, 0.2) is 0 Å². The highest BCUT2D eigenvalue weighted by atomic mass is 16.6. The summed E-state index contributed by atoms with van der Waals surface area (Å²) in [6.07, 6.45) is -0.808. The van der Waals surface area contributed by atoms with Crippen LogP contribution in [0.1, 0.15) is 20.8 Å². The Labute approximate surface area is 81.5 Å². The molecule has 0 aromatic carbocycles. The van der Waals surface area contributed by atoms with E-state index in [1.165, 1.54) is 12.1 Å². The lowest BCUT2D eigenvalue weighted by atomic mass is 10.2. The molecule has 2 N–H and O–H groups in total. The molecule has 5 nitrogen and oxygen atoms in total. The van der Waals surface area contributed by atoms with E-state index in [0.717, 1.165) is 0 Å². The second kappa shape index (κ2) is 3.25. The fraction of sp³-hybridized carbons (Fsp3) is 0.444. The van der Waals surface area contributed by atoms with Gasteiger partial charge in [0, 0.05) is 12.1 Å². The molecular formula is C9H13NO4. The molecule has 0 saturated carbocycles. The predicted octanol–water partition coefficient (Wildman–Crippen LogP) is 1.68. The van der Waals surface area contributed by atoms with Gasteiger partial charge in [0.25, 0.3) is 0 Å². The molecule has 1 heterocycles. The smallest absolute Gasteiger partial charge is 0.424 e. The van der Waals surface area contributed by atoms with Crippen LogP contribution in [0.2, 0.25) is 0 Å². The second-order valence-corrected chi connectivity index (χ2v) is 3.87. The standard InChI is InChI=1S/C9H13NO4/c1-9(2,3)14-8(13)10-6(11)4-5-7(10)12/h4-5,11-12H,1-3H3. The van der Waals surface area contributed by atoms with Crippen LogP contribution in [0.5, 0.6) is 11.8 Å². The largest absolute Gasteiger partial charge is 0.494 e. The topological polar surface area (TPSA) is 71.7 Å². The van der Waals surface area contributed by atoms with Crippen LogP contribution in [0.4, 0.5) is 4.79 Å². The number of nitrogens with zero attached hydrogens (tertiary/aromatic N) is 1. The number of hydrogen-bond acceptors (Lipinski definition) is 4. The van der Waals surface area contributed by atoms with E-state index in [0.29, 0.717) is 4.57 Å². The number of ether oxygens (including phenoxy) is 1. The summed E-state index contributed by atoms with van der Waals surface area (Å²) >= 11 is 0. The van der Waals surface area contributed by atoms with Gasteiger partial charge in [-0.1, -0.05) is 0 Å². The zero-order chi connectivity index (χ0) is 10.9. The molecule has 0 aliphatic carbocycles. The van der Waals surface area contributed by atoms with E-state index in [2.05, 4.69) is 0 Å². The highest BCUT2D eigenvalue weighted by Gasteiger charge is 2.21. The first-order valence-electron chi connectivity index (χ1n) is 4.14. The number of carbonyl (C=O) groups excluding carboxylic acids is 1. The Morgan fingerprint density at radius 1 is 1.29 bits per heavy atom. The van der Waals surface area contributed by atoms with E-state index in [4.69, 9.17) is 4.74 Å². The minimum absolute atomic E-state index is 0.350. The molecule has 0 radical (unpaired) electrons. The van der Waals surface area contributed by atoms with Crippen molar-refractivity contribution in [1.82, 2.24) is 4.57 Å². The van der Waals surface area contributed by atoms with Gasteiger partial charge in [-0.3, -0.25) is 0 Å². The van der Waals surface area contributed by atoms with E-state index < -0.39 is 11.7 Å². The molecular weight excluding hydrogens is 186 g/mol. The van der Waals surface area contributed by atoms with Gasteiger partial charge in [-0.05, 0) is 20.8 Å². The Bertz CT molecular complexity index is 329. The van der Waals surface area contributed by atoms with Gasteiger partial charge in [0.2, 0.25) is 11.8 Å². The van der Waals surface area contributed by atoms with E-state index in [9.17, 15) is 15.0 Å². The van der Waals surface area contributed by atoms with Crippen LogP contribution < -0.4 is 0 Å². The first-order valence-corrected chi connectivity index (χ1v) is 4.14. The molecule has 0 aliphatic heterocycles. The van der Waals surface area contributed by atoms with Gasteiger partial charge in [-0.25, -0.2) is 4.79 Å². The summed E-state index contributed by atoms with van der Waals surface area (Å²) < 4.78 is 5.63. The number of rotatable bonds is 0. The fourth-order valence-corrected chi connectivity index (χ4v) is 0.910. The van der Waals surface area contributed by atoms with E-state index in [1.807, 2.05) is 0 Å². The molecule has 1 aromatic heterocycles. The summed E-state index contributed by atoms with van der Waals surface area (Å²) in [5.41, 5.74) is -0.666. The maximum absolute atomic E-state index is 11.4. The molecule has 0 amide bonds. The Kier molecular flexibility index (Phi) is 2.42. The maximum atomic E-state index is 11.4. The number of aromatic hydroxyl groups is 2. The molecule has 5 heteroatoms. The van der Waals surface area contributed by atoms with Crippen molar-refractivity contribution in [2.75, 3.05) is 0 Å². The predicted molar refractivity (Wildman–Crippen MR) is 49.4 cm³/mol. The van der Waals surface area contributed by atoms with Crippen molar-refractivity contribution in [2.45, 2.75) is 26.4 Å². The summed E-state index contributed by atoms with van der Waals surface area (Å²) in [6.45, 7) is 5.09. The van der Waals surface area contributed by atoms with Crippen LogP contribution in [0.3, 0.4) is 0 Å². The molecule has 0 bridgehead atoms. The summed E-state index contributed by atoms with van der Waals surface area (Å²) in [4.78, 5) is 11.4.